The number of rotatable bonds is 5. The second-order valence-electron chi connectivity index (χ2n) is 5.90. The van der Waals surface area contributed by atoms with Gasteiger partial charge in [0.25, 0.3) is 0 Å². The summed E-state index contributed by atoms with van der Waals surface area (Å²) in [7, 11) is -1.07. The highest BCUT2D eigenvalue weighted by molar-refractivity contribution is 7.87. The Morgan fingerprint density at radius 3 is 3.08 bits per heavy atom. The van der Waals surface area contributed by atoms with E-state index in [-0.39, 0.29) is 0 Å². The lowest BCUT2D eigenvalue weighted by Crippen LogP contribution is -2.03. The van der Waals surface area contributed by atoms with Gasteiger partial charge >= 0.3 is 0 Å². The molecule has 1 aliphatic heterocycles. The summed E-state index contributed by atoms with van der Waals surface area (Å²) >= 11 is 3.02. The molecule has 0 aliphatic carbocycles. The molecular weight excluding hydrogens is 388 g/mol. The van der Waals surface area contributed by atoms with Gasteiger partial charge in [0.2, 0.25) is 0 Å². The molecule has 5 heterocycles. The van der Waals surface area contributed by atoms with Gasteiger partial charge in [0.05, 0.1) is 16.5 Å². The lowest BCUT2D eigenvalue weighted by molar-refractivity contribution is 0.572. The Kier molecular flexibility index (Phi) is 3.87. The van der Waals surface area contributed by atoms with Crippen LogP contribution in [-0.2, 0) is 10.8 Å². The topological polar surface area (TPSA) is 80.9 Å². The summed E-state index contributed by atoms with van der Waals surface area (Å²) in [5, 5.41) is 7.05. The van der Waals surface area contributed by atoms with Crippen LogP contribution in [0.4, 0.5) is 11.5 Å². The van der Waals surface area contributed by atoms with E-state index in [9.17, 15) is 4.21 Å². The second kappa shape index (κ2) is 6.26. The number of pyridine rings is 1. The van der Waals surface area contributed by atoms with Gasteiger partial charge in [-0.05, 0) is 12.5 Å². The number of oxazole rings is 1. The van der Waals surface area contributed by atoms with Crippen LogP contribution in [0.2, 0.25) is 0 Å². The Hall–Kier alpha value is -2.10. The zero-order valence-corrected chi connectivity index (χ0v) is 16.3. The van der Waals surface area contributed by atoms with Crippen LogP contribution in [0.3, 0.4) is 0 Å². The van der Waals surface area contributed by atoms with E-state index in [0.717, 1.165) is 49.2 Å². The van der Waals surface area contributed by atoms with Crippen LogP contribution < -0.4 is 5.32 Å². The van der Waals surface area contributed by atoms with Crippen LogP contribution in [0.25, 0.3) is 32.2 Å². The van der Waals surface area contributed by atoms with Gasteiger partial charge in [0, 0.05) is 28.3 Å². The molecule has 26 heavy (non-hydrogen) atoms. The standard InChI is InChI=1S/C17H14N4O2S3/c1-2-3-6-26(22)17-12-11-9(13-14(21-12)19-8-23-13)7-10(20-16(11)25-17)15-18-4-5-24-15/h4-5,7-8,21H,2-3,6H2,1H3. The number of hydrogen-bond acceptors (Lipinski definition) is 8. The lowest BCUT2D eigenvalue weighted by atomic mass is 10.1. The van der Waals surface area contributed by atoms with Crippen LogP contribution >= 0.6 is 22.7 Å². The monoisotopic (exact) mass is 402 g/mol. The first-order valence-corrected chi connectivity index (χ1v) is 11.2. The Balaban J connectivity index is 1.76. The van der Waals surface area contributed by atoms with Crippen LogP contribution in [0.1, 0.15) is 19.8 Å². The molecule has 1 N–H and O–H groups in total. The van der Waals surface area contributed by atoms with Crippen molar-refractivity contribution in [3.63, 3.8) is 0 Å². The molecule has 5 rings (SSSR count). The fraction of sp³-hybridized carbons (Fsp3) is 0.235. The third-order valence-electron chi connectivity index (χ3n) is 4.23. The number of thiophene rings is 1. The maximum absolute atomic E-state index is 12.9. The molecule has 4 aromatic heterocycles. The van der Waals surface area contributed by atoms with E-state index in [2.05, 4.69) is 22.2 Å². The molecule has 0 saturated heterocycles. The number of aromatic nitrogens is 3. The fourth-order valence-corrected chi connectivity index (χ4v) is 6.47. The van der Waals surface area contributed by atoms with Crippen molar-refractivity contribution in [2.45, 2.75) is 24.0 Å². The number of nitrogens with zero attached hydrogens (tertiary/aromatic N) is 3. The van der Waals surface area contributed by atoms with Gasteiger partial charge in [-0.2, -0.15) is 4.98 Å². The summed E-state index contributed by atoms with van der Waals surface area (Å²) in [4.78, 5) is 14.3. The van der Waals surface area contributed by atoms with E-state index in [1.807, 2.05) is 11.4 Å². The molecule has 9 heteroatoms. The summed E-state index contributed by atoms with van der Waals surface area (Å²) in [6.45, 7) is 2.10. The van der Waals surface area contributed by atoms with Crippen molar-refractivity contribution in [3.8, 4) is 22.0 Å². The quantitative estimate of drug-likeness (QED) is 0.444. The lowest BCUT2D eigenvalue weighted by Gasteiger charge is -2.14. The van der Waals surface area contributed by atoms with Crippen LogP contribution in [0, 0.1) is 0 Å². The molecule has 0 saturated carbocycles. The molecule has 0 spiro atoms. The van der Waals surface area contributed by atoms with Crippen molar-refractivity contribution in [2.75, 3.05) is 11.1 Å². The molecule has 1 unspecified atom stereocenters. The Bertz CT molecular complexity index is 1130. The van der Waals surface area contributed by atoms with Crippen molar-refractivity contribution in [1.29, 1.82) is 0 Å². The SMILES string of the molecule is CCCCS(=O)c1sc2nc(-c3nccs3)cc3c2c1Nc1ncoc1-3. The number of hydrogen-bond donors (Lipinski definition) is 1. The summed E-state index contributed by atoms with van der Waals surface area (Å²) in [5.41, 5.74) is 2.58. The smallest absolute Gasteiger partial charge is 0.183 e. The van der Waals surface area contributed by atoms with Crippen molar-refractivity contribution in [1.82, 2.24) is 15.0 Å². The maximum Gasteiger partial charge on any atom is 0.183 e. The van der Waals surface area contributed by atoms with Gasteiger partial charge in [0.1, 0.15) is 19.7 Å². The third kappa shape index (κ3) is 2.42. The minimum Gasteiger partial charge on any atom is -0.441 e. The van der Waals surface area contributed by atoms with E-state index in [1.165, 1.54) is 17.7 Å². The van der Waals surface area contributed by atoms with E-state index < -0.39 is 10.8 Å². The molecule has 0 aromatic carbocycles. The van der Waals surface area contributed by atoms with Gasteiger partial charge in [-0.1, -0.05) is 13.3 Å². The first-order valence-electron chi connectivity index (χ1n) is 8.23. The largest absolute Gasteiger partial charge is 0.441 e. The zero-order chi connectivity index (χ0) is 17.7. The van der Waals surface area contributed by atoms with Crippen LogP contribution in [0.5, 0.6) is 0 Å². The van der Waals surface area contributed by atoms with E-state index in [4.69, 9.17) is 9.40 Å². The number of nitrogens with one attached hydrogen (secondary N) is 1. The number of thiazole rings is 1. The summed E-state index contributed by atoms with van der Waals surface area (Å²) in [6.07, 6.45) is 5.14. The molecule has 6 nitrogen and oxygen atoms in total. The average Bonchev–Trinajstić information content (AvgIpc) is 3.39. The van der Waals surface area contributed by atoms with Crippen molar-refractivity contribution in [3.05, 3.63) is 24.0 Å². The highest BCUT2D eigenvalue weighted by Crippen LogP contribution is 2.50. The van der Waals surface area contributed by atoms with Gasteiger partial charge in [-0.25, -0.2) is 9.97 Å². The number of fused-ring (bicyclic) bond motifs is 2. The molecule has 1 aliphatic rings. The summed E-state index contributed by atoms with van der Waals surface area (Å²) in [6, 6.07) is 1.99. The van der Waals surface area contributed by atoms with E-state index in [0.29, 0.717) is 17.3 Å². The molecule has 132 valence electrons. The second-order valence-corrected chi connectivity index (χ2v) is 9.55. The van der Waals surface area contributed by atoms with Gasteiger partial charge in [-0.15, -0.1) is 22.7 Å². The van der Waals surface area contributed by atoms with Crippen LogP contribution in [0.15, 0.2) is 32.7 Å². The van der Waals surface area contributed by atoms with Crippen LogP contribution in [-0.4, -0.2) is 24.9 Å². The molecule has 1 atom stereocenters. The minimum atomic E-state index is -1.07. The summed E-state index contributed by atoms with van der Waals surface area (Å²) in [5.74, 6) is 1.99. The first kappa shape index (κ1) is 16.1. The molecular formula is C17H14N4O2S3. The molecule has 0 amide bonds. The van der Waals surface area contributed by atoms with Crippen molar-refractivity contribution in [2.24, 2.45) is 0 Å². The normalized spacial score (nSPS) is 13.6. The van der Waals surface area contributed by atoms with E-state index in [1.54, 1.807) is 17.5 Å². The van der Waals surface area contributed by atoms with E-state index >= 15 is 0 Å². The van der Waals surface area contributed by atoms with Gasteiger partial charge in [-0.3, -0.25) is 4.21 Å². The highest BCUT2D eigenvalue weighted by Gasteiger charge is 2.30. The first-order chi connectivity index (χ1) is 12.8. The predicted octanol–water partition coefficient (Wildman–Crippen LogP) is 5.04. The van der Waals surface area contributed by atoms with Gasteiger partial charge in [0.15, 0.2) is 18.0 Å². The van der Waals surface area contributed by atoms with Gasteiger partial charge < -0.3 is 9.73 Å². The minimum absolute atomic E-state index is 0.651. The predicted molar refractivity (Wildman–Crippen MR) is 106 cm³/mol. The van der Waals surface area contributed by atoms with Crippen molar-refractivity contribution >= 4 is 55.2 Å². The molecule has 0 fully saturated rings. The number of unbranched alkanes of at least 4 members (excludes halogenated alkanes) is 1. The highest BCUT2D eigenvalue weighted by atomic mass is 32.2. The van der Waals surface area contributed by atoms with Crippen molar-refractivity contribution < 1.29 is 8.63 Å². The molecule has 4 aromatic rings. The summed E-state index contributed by atoms with van der Waals surface area (Å²) < 4.78 is 19.3. The Morgan fingerprint density at radius 2 is 2.27 bits per heavy atom. The fourth-order valence-electron chi connectivity index (χ4n) is 3.00. The number of anilines is 2. The Labute approximate surface area is 159 Å². The Morgan fingerprint density at radius 1 is 1.35 bits per heavy atom. The molecule has 0 bridgehead atoms. The average molecular weight is 403 g/mol. The molecule has 0 radical (unpaired) electrons. The maximum atomic E-state index is 12.9. The zero-order valence-electron chi connectivity index (χ0n) is 13.8. The third-order valence-corrected chi connectivity index (χ3v) is 7.99.